The summed E-state index contributed by atoms with van der Waals surface area (Å²) in [6, 6.07) is 7.88. The van der Waals surface area contributed by atoms with E-state index < -0.39 is 10.0 Å². The molecule has 0 saturated carbocycles. The Morgan fingerprint density at radius 3 is 2.79 bits per heavy atom. The number of benzene rings is 1. The molecule has 9 heteroatoms. The molecule has 5 nitrogen and oxygen atoms in total. The number of rotatable bonds is 5. The Hall–Kier alpha value is -1.38. The third-order valence-corrected chi connectivity index (χ3v) is 6.52. The number of aromatic nitrogens is 1. The molecule has 0 fully saturated rings. The summed E-state index contributed by atoms with van der Waals surface area (Å²) in [5.41, 5.74) is 0.742. The van der Waals surface area contributed by atoms with Gasteiger partial charge in [-0.15, -0.1) is 11.3 Å². The Balaban J connectivity index is 1.81. The normalized spacial score (nSPS) is 11.8. The van der Waals surface area contributed by atoms with Gasteiger partial charge in [-0.2, -0.15) is 0 Å². The first-order chi connectivity index (χ1) is 11.4. The van der Waals surface area contributed by atoms with Gasteiger partial charge in [0.05, 0.1) is 17.0 Å². The molecule has 0 bridgehead atoms. The average Bonchev–Trinajstić information content (AvgIpc) is 3.17. The molecular weight excluding hydrogens is 391 g/mol. The zero-order valence-corrected chi connectivity index (χ0v) is 15.6. The third-order valence-electron chi connectivity index (χ3n) is 3.23. The molecule has 0 atom stereocenters. The fourth-order valence-electron chi connectivity index (χ4n) is 2.02. The summed E-state index contributed by atoms with van der Waals surface area (Å²) in [4.78, 5) is 5.14. The summed E-state index contributed by atoms with van der Waals surface area (Å²) in [5, 5.41) is 1.12. The van der Waals surface area contributed by atoms with Crippen LogP contribution in [-0.2, 0) is 16.6 Å². The SMILES string of the molecule is Cc1nc(-c2ccco2)sc1CNS(=O)(=O)c1cc(Cl)ccc1Cl. The predicted octanol–water partition coefficient (Wildman–Crippen LogP) is 4.50. The molecule has 0 aliphatic heterocycles. The van der Waals surface area contributed by atoms with E-state index in [1.165, 1.54) is 29.5 Å². The first-order valence-corrected chi connectivity index (χ1v) is 9.87. The number of hydrogen-bond donors (Lipinski definition) is 1. The molecule has 0 spiro atoms. The third kappa shape index (κ3) is 3.65. The number of halogens is 2. The van der Waals surface area contributed by atoms with Crippen LogP contribution in [0.3, 0.4) is 0 Å². The topological polar surface area (TPSA) is 72.2 Å². The minimum absolute atomic E-state index is 0.0508. The van der Waals surface area contributed by atoms with E-state index in [0.717, 1.165) is 10.6 Å². The Kier molecular flexibility index (Phi) is 4.98. The van der Waals surface area contributed by atoms with Crippen LogP contribution in [0.2, 0.25) is 10.0 Å². The van der Waals surface area contributed by atoms with Gasteiger partial charge < -0.3 is 4.42 Å². The van der Waals surface area contributed by atoms with Gasteiger partial charge in [0.2, 0.25) is 10.0 Å². The van der Waals surface area contributed by atoms with Crippen LogP contribution in [0.5, 0.6) is 0 Å². The first-order valence-electron chi connectivity index (χ1n) is 6.82. The molecule has 3 rings (SSSR count). The van der Waals surface area contributed by atoms with Crippen molar-refractivity contribution in [3.8, 4) is 10.8 Å². The Bertz CT molecular complexity index is 967. The van der Waals surface area contributed by atoms with Crippen molar-refractivity contribution < 1.29 is 12.8 Å². The van der Waals surface area contributed by atoms with E-state index in [0.29, 0.717) is 15.8 Å². The van der Waals surface area contributed by atoms with Crippen LogP contribution in [0.4, 0.5) is 0 Å². The van der Waals surface area contributed by atoms with E-state index in [2.05, 4.69) is 9.71 Å². The molecular formula is C15H12Cl2N2O3S2. The van der Waals surface area contributed by atoms with Gasteiger partial charge in [0.1, 0.15) is 4.90 Å². The van der Waals surface area contributed by atoms with Crippen LogP contribution < -0.4 is 4.72 Å². The lowest BCUT2D eigenvalue weighted by Crippen LogP contribution is -2.23. The zero-order valence-electron chi connectivity index (χ0n) is 12.4. The Labute approximate surface area is 153 Å². The van der Waals surface area contributed by atoms with Gasteiger partial charge in [0.15, 0.2) is 10.8 Å². The molecule has 0 amide bonds. The van der Waals surface area contributed by atoms with E-state index in [-0.39, 0.29) is 16.5 Å². The quantitative estimate of drug-likeness (QED) is 0.681. The van der Waals surface area contributed by atoms with E-state index in [1.54, 1.807) is 18.4 Å². The van der Waals surface area contributed by atoms with Crippen molar-refractivity contribution in [2.24, 2.45) is 0 Å². The maximum absolute atomic E-state index is 12.4. The van der Waals surface area contributed by atoms with Crippen LogP contribution in [0.25, 0.3) is 10.8 Å². The molecule has 0 unspecified atom stereocenters. The van der Waals surface area contributed by atoms with Gasteiger partial charge in [-0.25, -0.2) is 18.1 Å². The van der Waals surface area contributed by atoms with Gasteiger partial charge in [-0.1, -0.05) is 23.2 Å². The highest BCUT2D eigenvalue weighted by atomic mass is 35.5. The van der Waals surface area contributed by atoms with Gasteiger partial charge in [0.25, 0.3) is 0 Å². The maximum atomic E-state index is 12.4. The van der Waals surface area contributed by atoms with Crippen molar-refractivity contribution >= 4 is 44.6 Å². The van der Waals surface area contributed by atoms with Gasteiger partial charge in [0, 0.05) is 16.4 Å². The number of aryl methyl sites for hydroxylation is 1. The fourth-order valence-corrected chi connectivity index (χ4v) is 4.84. The lowest BCUT2D eigenvalue weighted by molar-refractivity contribution is 0.580. The average molecular weight is 403 g/mol. The van der Waals surface area contributed by atoms with Crippen molar-refractivity contribution in [2.75, 3.05) is 0 Å². The lowest BCUT2D eigenvalue weighted by atomic mass is 10.4. The second-order valence-corrected chi connectivity index (χ2v) is 8.57. The van der Waals surface area contributed by atoms with Crippen molar-refractivity contribution in [3.05, 3.63) is 57.2 Å². The predicted molar refractivity (Wildman–Crippen MR) is 95.0 cm³/mol. The smallest absolute Gasteiger partial charge is 0.242 e. The number of nitrogens with zero attached hydrogens (tertiary/aromatic N) is 1. The molecule has 126 valence electrons. The summed E-state index contributed by atoms with van der Waals surface area (Å²) in [6.07, 6.45) is 1.57. The zero-order chi connectivity index (χ0) is 17.3. The maximum Gasteiger partial charge on any atom is 0.242 e. The number of furan rings is 1. The monoisotopic (exact) mass is 402 g/mol. The molecule has 2 heterocycles. The van der Waals surface area contributed by atoms with Crippen molar-refractivity contribution in [2.45, 2.75) is 18.4 Å². The van der Waals surface area contributed by atoms with Gasteiger partial charge >= 0.3 is 0 Å². The largest absolute Gasteiger partial charge is 0.462 e. The van der Waals surface area contributed by atoms with Crippen LogP contribution >= 0.6 is 34.5 Å². The second-order valence-electron chi connectivity index (χ2n) is 4.90. The number of hydrogen-bond acceptors (Lipinski definition) is 5. The van der Waals surface area contributed by atoms with Crippen LogP contribution in [0.1, 0.15) is 10.6 Å². The van der Waals surface area contributed by atoms with E-state index in [4.69, 9.17) is 27.6 Å². The van der Waals surface area contributed by atoms with Gasteiger partial charge in [-0.3, -0.25) is 0 Å². The Morgan fingerprint density at radius 2 is 2.08 bits per heavy atom. The lowest BCUT2D eigenvalue weighted by Gasteiger charge is -2.08. The molecule has 2 aromatic heterocycles. The molecule has 0 aliphatic rings. The van der Waals surface area contributed by atoms with Crippen LogP contribution in [0, 0.1) is 6.92 Å². The van der Waals surface area contributed by atoms with Crippen LogP contribution in [0.15, 0.2) is 45.9 Å². The van der Waals surface area contributed by atoms with E-state index in [1.807, 2.05) is 6.92 Å². The standard InChI is InChI=1S/C15H12Cl2N2O3S2/c1-9-13(23-15(19-9)12-3-2-6-22-12)8-18-24(20,21)14-7-10(16)4-5-11(14)17/h2-7,18H,8H2,1H3. The summed E-state index contributed by atoms with van der Waals surface area (Å²) >= 11 is 13.2. The van der Waals surface area contributed by atoms with Crippen molar-refractivity contribution in [1.82, 2.24) is 9.71 Å². The molecule has 1 aromatic carbocycles. The molecule has 0 aliphatic carbocycles. The first kappa shape index (κ1) is 17.4. The van der Waals surface area contributed by atoms with Crippen molar-refractivity contribution in [1.29, 1.82) is 0 Å². The highest BCUT2D eigenvalue weighted by Crippen LogP contribution is 2.29. The van der Waals surface area contributed by atoms with Crippen molar-refractivity contribution in [3.63, 3.8) is 0 Å². The summed E-state index contributed by atoms with van der Waals surface area (Å²) in [7, 11) is -3.78. The minimum atomic E-state index is -3.78. The number of nitrogens with one attached hydrogen (secondary N) is 1. The van der Waals surface area contributed by atoms with E-state index >= 15 is 0 Å². The number of sulfonamides is 1. The van der Waals surface area contributed by atoms with Crippen LogP contribution in [-0.4, -0.2) is 13.4 Å². The molecule has 24 heavy (non-hydrogen) atoms. The molecule has 3 aromatic rings. The highest BCUT2D eigenvalue weighted by Gasteiger charge is 2.20. The summed E-state index contributed by atoms with van der Waals surface area (Å²) < 4.78 is 32.7. The summed E-state index contributed by atoms with van der Waals surface area (Å²) in [6.45, 7) is 1.92. The highest BCUT2D eigenvalue weighted by molar-refractivity contribution is 7.89. The molecule has 0 saturated heterocycles. The fraction of sp³-hybridized carbons (Fsp3) is 0.133. The molecule has 1 N–H and O–H groups in total. The number of thiazole rings is 1. The second kappa shape index (κ2) is 6.85. The van der Waals surface area contributed by atoms with E-state index in [9.17, 15) is 8.42 Å². The molecule has 0 radical (unpaired) electrons. The van der Waals surface area contributed by atoms with Gasteiger partial charge in [-0.05, 0) is 37.3 Å². The minimum Gasteiger partial charge on any atom is -0.462 e. The summed E-state index contributed by atoms with van der Waals surface area (Å²) in [5.74, 6) is 0.648. The Morgan fingerprint density at radius 1 is 1.29 bits per heavy atom.